The fourth-order valence-corrected chi connectivity index (χ4v) is 6.11. The molecular weight excluding hydrogens is 571 g/mol. The van der Waals surface area contributed by atoms with Gasteiger partial charge in [-0.3, -0.25) is 9.80 Å². The van der Waals surface area contributed by atoms with Crippen LogP contribution in [0.4, 0.5) is 13.2 Å². The second kappa shape index (κ2) is 13.1. The topological polar surface area (TPSA) is 91.1 Å². The number of halogens is 3. The molecule has 0 aliphatic carbocycles. The normalized spacial score (nSPS) is 16.0. The number of ether oxygens (including phenoxy) is 3. The highest BCUT2D eigenvalue weighted by Gasteiger charge is 2.31. The predicted octanol–water partition coefficient (Wildman–Crippen LogP) is 5.10. The quantitative estimate of drug-likeness (QED) is 0.259. The van der Waals surface area contributed by atoms with Crippen molar-refractivity contribution in [1.82, 2.24) is 14.4 Å². The van der Waals surface area contributed by atoms with Crippen LogP contribution in [0.1, 0.15) is 23.1 Å². The Bertz CT molecular complexity index is 1600. The zero-order valence-electron chi connectivity index (χ0n) is 24.6. The van der Waals surface area contributed by atoms with Crippen LogP contribution < -0.4 is 25.7 Å². The molecule has 0 saturated carbocycles. The molecule has 1 fully saturated rings. The summed E-state index contributed by atoms with van der Waals surface area (Å²) in [5, 5.41) is 1.04. The zero-order chi connectivity index (χ0) is 30.7. The monoisotopic (exact) mass is 609 g/mol. The molecule has 0 spiro atoms. The summed E-state index contributed by atoms with van der Waals surface area (Å²) in [6.07, 6.45) is -1.90. The summed E-state index contributed by atoms with van der Waals surface area (Å²) in [6.45, 7) is 8.05. The molecule has 11 heteroatoms. The molecule has 6 rings (SSSR count). The maximum Gasteiger partial charge on any atom is 0.573 e. The Labute approximate surface area is 254 Å². The van der Waals surface area contributed by atoms with Gasteiger partial charge in [-0.1, -0.05) is 18.2 Å². The van der Waals surface area contributed by atoms with Crippen LogP contribution in [-0.2, 0) is 26.2 Å². The molecule has 44 heavy (non-hydrogen) atoms. The molecule has 0 atom stereocenters. The van der Waals surface area contributed by atoms with E-state index in [0.29, 0.717) is 25.3 Å². The van der Waals surface area contributed by atoms with Crippen molar-refractivity contribution in [2.24, 2.45) is 11.5 Å². The van der Waals surface area contributed by atoms with Gasteiger partial charge in [-0.05, 0) is 71.6 Å². The Hall–Kier alpha value is -3.77. The first-order valence-corrected chi connectivity index (χ1v) is 15.0. The number of rotatable bonds is 10. The number of fused-ring (bicyclic) bond motifs is 2. The second-order valence-corrected chi connectivity index (χ2v) is 11.3. The van der Waals surface area contributed by atoms with E-state index in [1.807, 2.05) is 6.07 Å². The number of hydrogen-bond acceptors (Lipinski definition) is 7. The molecule has 0 amide bonds. The number of alkyl halides is 3. The Morgan fingerprint density at radius 2 is 1.45 bits per heavy atom. The van der Waals surface area contributed by atoms with Crippen LogP contribution in [-0.4, -0.2) is 66.7 Å². The van der Waals surface area contributed by atoms with Gasteiger partial charge in [0.25, 0.3) is 0 Å². The van der Waals surface area contributed by atoms with Crippen molar-refractivity contribution in [1.29, 1.82) is 0 Å². The van der Waals surface area contributed by atoms with E-state index in [-0.39, 0.29) is 12.3 Å². The molecule has 4 N–H and O–H groups in total. The van der Waals surface area contributed by atoms with Gasteiger partial charge >= 0.3 is 6.36 Å². The van der Waals surface area contributed by atoms with Crippen molar-refractivity contribution in [3.8, 4) is 28.4 Å². The average molecular weight is 610 g/mol. The molecule has 4 aromatic rings. The number of nitrogens with zero attached hydrogens (tertiary/aromatic N) is 3. The summed E-state index contributed by atoms with van der Waals surface area (Å²) in [6, 6.07) is 17.1. The molecule has 3 heterocycles. The Morgan fingerprint density at radius 1 is 0.773 bits per heavy atom. The van der Waals surface area contributed by atoms with Gasteiger partial charge in [-0.25, -0.2) is 0 Å². The van der Waals surface area contributed by atoms with E-state index in [1.54, 1.807) is 6.07 Å². The van der Waals surface area contributed by atoms with Crippen LogP contribution in [0.3, 0.4) is 0 Å². The van der Waals surface area contributed by atoms with Gasteiger partial charge in [-0.2, -0.15) is 0 Å². The number of hydrogen-bond donors (Lipinski definition) is 2. The Balaban J connectivity index is 1.18. The molecular formula is C33H38F3N5O3. The zero-order valence-corrected chi connectivity index (χ0v) is 24.6. The first kappa shape index (κ1) is 30.3. The smallest absolute Gasteiger partial charge is 0.486 e. The minimum atomic E-state index is -4.77. The molecule has 0 radical (unpaired) electrons. The number of aromatic nitrogens is 1. The summed E-state index contributed by atoms with van der Waals surface area (Å²) >= 11 is 0. The van der Waals surface area contributed by atoms with Crippen LogP contribution >= 0.6 is 0 Å². The summed E-state index contributed by atoms with van der Waals surface area (Å²) in [4.78, 5) is 4.92. The van der Waals surface area contributed by atoms with E-state index in [9.17, 15) is 13.2 Å². The molecule has 3 aromatic carbocycles. The van der Waals surface area contributed by atoms with Crippen molar-refractivity contribution < 1.29 is 27.4 Å². The Morgan fingerprint density at radius 3 is 2.14 bits per heavy atom. The van der Waals surface area contributed by atoms with Crippen molar-refractivity contribution in [2.75, 3.05) is 45.9 Å². The summed E-state index contributed by atoms with van der Waals surface area (Å²) in [7, 11) is 0. The maximum atomic E-state index is 12.9. The van der Waals surface area contributed by atoms with Crippen LogP contribution in [0.25, 0.3) is 22.0 Å². The average Bonchev–Trinajstić information content (AvgIpc) is 3.37. The largest absolute Gasteiger partial charge is 0.573 e. The van der Waals surface area contributed by atoms with E-state index in [4.69, 9.17) is 20.9 Å². The third kappa shape index (κ3) is 6.96. The third-order valence-corrected chi connectivity index (χ3v) is 8.25. The van der Waals surface area contributed by atoms with Gasteiger partial charge in [-0.15, -0.1) is 13.2 Å². The van der Waals surface area contributed by atoms with Crippen molar-refractivity contribution in [3.63, 3.8) is 0 Å². The number of aryl methyl sites for hydroxylation is 1. The molecule has 234 valence electrons. The lowest BCUT2D eigenvalue weighted by molar-refractivity contribution is -0.274. The lowest BCUT2D eigenvalue weighted by Gasteiger charge is -2.35. The number of piperazine rings is 1. The van der Waals surface area contributed by atoms with E-state index in [0.717, 1.165) is 85.8 Å². The van der Waals surface area contributed by atoms with E-state index in [2.05, 4.69) is 55.6 Å². The lowest BCUT2D eigenvalue weighted by atomic mass is 9.98. The van der Waals surface area contributed by atoms with Gasteiger partial charge in [0.15, 0.2) is 11.5 Å². The van der Waals surface area contributed by atoms with Crippen molar-refractivity contribution >= 4 is 10.9 Å². The minimum Gasteiger partial charge on any atom is -0.486 e. The van der Waals surface area contributed by atoms with Gasteiger partial charge in [0.1, 0.15) is 19.0 Å². The maximum absolute atomic E-state index is 12.9. The molecule has 0 unspecified atom stereocenters. The molecule has 2 aliphatic heterocycles. The summed E-state index contributed by atoms with van der Waals surface area (Å²) < 4.78 is 56.3. The van der Waals surface area contributed by atoms with Crippen LogP contribution in [0.15, 0.2) is 60.8 Å². The van der Waals surface area contributed by atoms with E-state index in [1.165, 1.54) is 23.3 Å². The van der Waals surface area contributed by atoms with E-state index < -0.39 is 6.36 Å². The highest BCUT2D eigenvalue weighted by atomic mass is 19.4. The minimum absolute atomic E-state index is 0.0795. The third-order valence-electron chi connectivity index (χ3n) is 8.25. The summed E-state index contributed by atoms with van der Waals surface area (Å²) in [5.74, 6) is 1.36. The number of nitrogens with two attached hydrogens (primary N) is 2. The molecule has 0 bridgehead atoms. The van der Waals surface area contributed by atoms with E-state index >= 15 is 0 Å². The summed E-state index contributed by atoms with van der Waals surface area (Å²) in [5.41, 5.74) is 17.6. The molecule has 1 aromatic heterocycles. The highest BCUT2D eigenvalue weighted by molar-refractivity contribution is 5.97. The number of benzene rings is 3. The molecule has 1 saturated heterocycles. The predicted molar refractivity (Wildman–Crippen MR) is 164 cm³/mol. The lowest BCUT2D eigenvalue weighted by Crippen LogP contribution is -2.45. The van der Waals surface area contributed by atoms with Gasteiger partial charge in [0.05, 0.1) is 0 Å². The van der Waals surface area contributed by atoms with Crippen LogP contribution in [0.2, 0.25) is 0 Å². The van der Waals surface area contributed by atoms with Gasteiger partial charge in [0.2, 0.25) is 0 Å². The fraction of sp³-hybridized carbons (Fsp3) is 0.394. The van der Waals surface area contributed by atoms with Gasteiger partial charge < -0.3 is 30.2 Å². The SMILES string of the molecule is NCCCn1cc(-c2ccc(OC(F)(F)F)cc2CN)c2cc(CN3CCN(Cc4ccc5c(c4)OCCO5)CC3)ccc21. The van der Waals surface area contributed by atoms with Gasteiger partial charge in [0, 0.05) is 75.0 Å². The standard InChI is InChI=1S/C33H38F3N5O3/c34-33(35,36)44-26-4-5-27(25(18-26)19-38)29-22-41(9-1-8-37)30-6-2-23(16-28(29)30)20-39-10-12-40(13-11-39)21-24-3-7-31-32(17-24)43-15-14-42-31/h2-7,16-18,22H,1,8-15,19-21,37-38H2. The fourth-order valence-electron chi connectivity index (χ4n) is 6.11. The molecule has 2 aliphatic rings. The van der Waals surface area contributed by atoms with Crippen molar-refractivity contribution in [2.45, 2.75) is 39.0 Å². The van der Waals surface area contributed by atoms with Crippen LogP contribution in [0.5, 0.6) is 17.2 Å². The Kier molecular flexibility index (Phi) is 8.99. The molecule has 8 nitrogen and oxygen atoms in total. The highest BCUT2D eigenvalue weighted by Crippen LogP contribution is 2.37. The van der Waals surface area contributed by atoms with Crippen molar-refractivity contribution in [3.05, 3.63) is 77.5 Å². The first-order valence-electron chi connectivity index (χ1n) is 15.0. The first-order chi connectivity index (χ1) is 21.3. The van der Waals surface area contributed by atoms with Crippen LogP contribution in [0, 0.1) is 0 Å². The second-order valence-electron chi connectivity index (χ2n) is 11.3.